The maximum atomic E-state index is 6.10. The predicted octanol–water partition coefficient (Wildman–Crippen LogP) is 1.66. The van der Waals surface area contributed by atoms with E-state index in [2.05, 4.69) is 28.1 Å². The molecule has 0 bridgehead atoms. The molecule has 1 aliphatic heterocycles. The second-order valence-electron chi connectivity index (χ2n) is 4.41. The number of hydrogen-bond donors (Lipinski definition) is 1. The molecule has 5 heteroatoms. The van der Waals surface area contributed by atoms with E-state index in [-0.39, 0.29) is 0 Å². The number of hydrogen-bond acceptors (Lipinski definition) is 5. The van der Waals surface area contributed by atoms with Crippen molar-refractivity contribution in [2.75, 3.05) is 18.0 Å². The van der Waals surface area contributed by atoms with Gasteiger partial charge in [-0.1, -0.05) is 20.3 Å². The van der Waals surface area contributed by atoms with E-state index in [1.807, 2.05) is 0 Å². The molecule has 16 heavy (non-hydrogen) atoms. The summed E-state index contributed by atoms with van der Waals surface area (Å²) in [4.78, 5) is 6.88. The van der Waals surface area contributed by atoms with Crippen LogP contribution in [0.5, 0.6) is 0 Å². The van der Waals surface area contributed by atoms with E-state index in [0.717, 1.165) is 43.3 Å². The van der Waals surface area contributed by atoms with E-state index in [0.29, 0.717) is 12.0 Å². The molecular weight excluding hydrogens is 220 g/mol. The SMILES string of the molecule is CCc1nsc(N2CCC(N)C(CC)C2)n1. The van der Waals surface area contributed by atoms with Crippen molar-refractivity contribution in [3.05, 3.63) is 5.82 Å². The molecule has 0 amide bonds. The lowest BCUT2D eigenvalue weighted by molar-refractivity contribution is 0.348. The van der Waals surface area contributed by atoms with Gasteiger partial charge >= 0.3 is 0 Å². The molecule has 2 N–H and O–H groups in total. The van der Waals surface area contributed by atoms with Crippen LogP contribution >= 0.6 is 11.5 Å². The van der Waals surface area contributed by atoms with Gasteiger partial charge in [0.2, 0.25) is 5.13 Å². The second kappa shape index (κ2) is 5.10. The fraction of sp³-hybridized carbons (Fsp3) is 0.818. The van der Waals surface area contributed by atoms with Crippen LogP contribution in [0.4, 0.5) is 5.13 Å². The highest BCUT2D eigenvalue weighted by atomic mass is 32.1. The molecule has 0 aromatic carbocycles. The maximum Gasteiger partial charge on any atom is 0.205 e. The first-order valence-corrected chi connectivity index (χ1v) is 6.85. The molecule has 2 unspecified atom stereocenters. The van der Waals surface area contributed by atoms with Crippen molar-refractivity contribution in [3.8, 4) is 0 Å². The highest BCUT2D eigenvalue weighted by molar-refractivity contribution is 7.09. The molecule has 2 atom stereocenters. The maximum absolute atomic E-state index is 6.10. The highest BCUT2D eigenvalue weighted by Gasteiger charge is 2.26. The van der Waals surface area contributed by atoms with Gasteiger partial charge in [-0.2, -0.15) is 4.37 Å². The Hall–Kier alpha value is -0.680. The van der Waals surface area contributed by atoms with Crippen molar-refractivity contribution in [1.82, 2.24) is 9.36 Å². The number of aromatic nitrogens is 2. The summed E-state index contributed by atoms with van der Waals surface area (Å²) >= 11 is 1.52. The van der Waals surface area contributed by atoms with Gasteiger partial charge in [0.05, 0.1) is 0 Å². The fourth-order valence-electron chi connectivity index (χ4n) is 2.17. The Morgan fingerprint density at radius 3 is 2.94 bits per heavy atom. The van der Waals surface area contributed by atoms with Gasteiger partial charge in [-0.25, -0.2) is 4.98 Å². The van der Waals surface area contributed by atoms with Crippen LogP contribution < -0.4 is 10.6 Å². The molecule has 0 aliphatic carbocycles. The van der Waals surface area contributed by atoms with Crippen LogP contribution in [-0.4, -0.2) is 28.5 Å². The molecular formula is C11H20N4S. The molecule has 1 fully saturated rings. The third kappa shape index (κ3) is 2.35. The summed E-state index contributed by atoms with van der Waals surface area (Å²) in [5.74, 6) is 1.56. The molecule has 1 aliphatic rings. The van der Waals surface area contributed by atoms with Gasteiger partial charge in [-0.3, -0.25) is 0 Å². The largest absolute Gasteiger partial charge is 0.346 e. The van der Waals surface area contributed by atoms with Gasteiger partial charge in [0.15, 0.2) is 0 Å². The summed E-state index contributed by atoms with van der Waals surface area (Å²) in [5, 5.41) is 1.07. The summed E-state index contributed by atoms with van der Waals surface area (Å²) in [5.41, 5.74) is 6.10. The van der Waals surface area contributed by atoms with E-state index < -0.39 is 0 Å². The van der Waals surface area contributed by atoms with Gasteiger partial charge in [0.25, 0.3) is 0 Å². The first-order valence-electron chi connectivity index (χ1n) is 6.07. The Labute approximate surface area is 101 Å². The van der Waals surface area contributed by atoms with Gasteiger partial charge < -0.3 is 10.6 Å². The fourth-order valence-corrected chi connectivity index (χ4v) is 2.96. The standard InChI is InChI=1S/C11H20N4S/c1-3-8-7-15(6-5-9(8)12)11-13-10(4-2)14-16-11/h8-9H,3-7,12H2,1-2H3. The first-order chi connectivity index (χ1) is 7.74. The molecule has 90 valence electrons. The van der Waals surface area contributed by atoms with Crippen molar-refractivity contribution in [1.29, 1.82) is 0 Å². The molecule has 0 radical (unpaired) electrons. The Morgan fingerprint density at radius 1 is 1.50 bits per heavy atom. The van der Waals surface area contributed by atoms with Crippen molar-refractivity contribution >= 4 is 16.7 Å². The number of rotatable bonds is 3. The van der Waals surface area contributed by atoms with Gasteiger partial charge in [-0.05, 0) is 12.3 Å². The lowest BCUT2D eigenvalue weighted by atomic mass is 9.91. The number of anilines is 1. The number of piperidine rings is 1. The van der Waals surface area contributed by atoms with Crippen molar-refractivity contribution in [2.45, 2.75) is 39.2 Å². The van der Waals surface area contributed by atoms with Gasteiger partial charge in [-0.15, -0.1) is 0 Å². The summed E-state index contributed by atoms with van der Waals surface area (Å²) < 4.78 is 4.34. The van der Waals surface area contributed by atoms with Crippen LogP contribution in [0.1, 0.15) is 32.5 Å². The Bertz CT molecular complexity index is 338. The minimum Gasteiger partial charge on any atom is -0.346 e. The lowest BCUT2D eigenvalue weighted by Crippen LogP contribution is -2.46. The zero-order chi connectivity index (χ0) is 11.5. The molecule has 2 rings (SSSR count). The van der Waals surface area contributed by atoms with E-state index in [9.17, 15) is 0 Å². The monoisotopic (exact) mass is 240 g/mol. The van der Waals surface area contributed by atoms with Crippen LogP contribution in [-0.2, 0) is 6.42 Å². The molecule has 1 aromatic rings. The van der Waals surface area contributed by atoms with Crippen molar-refractivity contribution in [2.24, 2.45) is 11.7 Å². The summed E-state index contributed by atoms with van der Waals surface area (Å²) in [6.45, 7) is 6.37. The van der Waals surface area contributed by atoms with Crippen LogP contribution in [0.3, 0.4) is 0 Å². The van der Waals surface area contributed by atoms with E-state index in [1.165, 1.54) is 11.5 Å². The van der Waals surface area contributed by atoms with Crippen LogP contribution in [0.25, 0.3) is 0 Å². The third-order valence-corrected chi connectivity index (χ3v) is 4.18. The average molecular weight is 240 g/mol. The van der Waals surface area contributed by atoms with E-state index in [4.69, 9.17) is 5.73 Å². The normalized spacial score (nSPS) is 26.1. The highest BCUT2D eigenvalue weighted by Crippen LogP contribution is 2.25. The Kier molecular flexibility index (Phi) is 3.76. The zero-order valence-corrected chi connectivity index (χ0v) is 10.8. The van der Waals surface area contributed by atoms with Crippen molar-refractivity contribution < 1.29 is 0 Å². The zero-order valence-electron chi connectivity index (χ0n) is 10.0. The summed E-state index contributed by atoms with van der Waals surface area (Å²) in [6.07, 6.45) is 3.14. The van der Waals surface area contributed by atoms with Crippen LogP contribution in [0, 0.1) is 5.92 Å². The lowest BCUT2D eigenvalue weighted by Gasteiger charge is -2.36. The molecule has 1 aromatic heterocycles. The smallest absolute Gasteiger partial charge is 0.205 e. The van der Waals surface area contributed by atoms with Crippen LogP contribution in [0.2, 0.25) is 0 Å². The minimum absolute atomic E-state index is 0.361. The van der Waals surface area contributed by atoms with Crippen LogP contribution in [0.15, 0.2) is 0 Å². The summed E-state index contributed by atoms with van der Waals surface area (Å²) in [6, 6.07) is 0.361. The van der Waals surface area contributed by atoms with Gasteiger partial charge in [0, 0.05) is 37.1 Å². The number of aryl methyl sites for hydroxylation is 1. The molecule has 4 nitrogen and oxygen atoms in total. The number of nitrogens with zero attached hydrogens (tertiary/aromatic N) is 3. The minimum atomic E-state index is 0.361. The predicted molar refractivity (Wildman–Crippen MR) is 67.9 cm³/mol. The number of nitrogens with two attached hydrogens (primary N) is 1. The van der Waals surface area contributed by atoms with E-state index in [1.54, 1.807) is 0 Å². The Balaban J connectivity index is 2.05. The molecule has 0 spiro atoms. The Morgan fingerprint density at radius 2 is 2.31 bits per heavy atom. The molecule has 0 saturated carbocycles. The molecule has 2 heterocycles. The summed E-state index contributed by atoms with van der Waals surface area (Å²) in [7, 11) is 0. The van der Waals surface area contributed by atoms with Crippen molar-refractivity contribution in [3.63, 3.8) is 0 Å². The average Bonchev–Trinajstić information content (AvgIpc) is 2.78. The topological polar surface area (TPSA) is 55.0 Å². The van der Waals surface area contributed by atoms with E-state index >= 15 is 0 Å². The van der Waals surface area contributed by atoms with Gasteiger partial charge in [0.1, 0.15) is 5.82 Å². The quantitative estimate of drug-likeness (QED) is 0.873. The first kappa shape index (κ1) is 11.8. The second-order valence-corrected chi connectivity index (χ2v) is 5.14. The molecule has 1 saturated heterocycles. The third-order valence-electron chi connectivity index (χ3n) is 3.36.